The smallest absolute Gasteiger partial charge is 0.264 e. The van der Waals surface area contributed by atoms with Crippen LogP contribution in [0.3, 0.4) is 0 Å². The second-order valence-electron chi connectivity index (χ2n) is 6.54. The van der Waals surface area contributed by atoms with Crippen LogP contribution in [0.25, 0.3) is 0 Å². The van der Waals surface area contributed by atoms with E-state index in [2.05, 4.69) is 5.32 Å². The number of nitrogens with one attached hydrogen (secondary N) is 1. The van der Waals surface area contributed by atoms with E-state index >= 15 is 0 Å². The molecule has 0 spiro atoms. The van der Waals surface area contributed by atoms with Crippen LogP contribution in [0.2, 0.25) is 10.0 Å². The van der Waals surface area contributed by atoms with Crippen LogP contribution < -0.4 is 14.4 Å². The van der Waals surface area contributed by atoms with Crippen LogP contribution in [-0.2, 0) is 21.4 Å². The average molecular weight is 479 g/mol. The monoisotopic (exact) mass is 478 g/mol. The molecule has 0 unspecified atom stereocenters. The Kier molecular flexibility index (Phi) is 7.43. The number of amides is 1. The molecule has 31 heavy (non-hydrogen) atoms. The van der Waals surface area contributed by atoms with Crippen molar-refractivity contribution in [2.24, 2.45) is 0 Å². The Morgan fingerprint density at radius 1 is 1.00 bits per heavy atom. The lowest BCUT2D eigenvalue weighted by Gasteiger charge is -2.24. The minimum absolute atomic E-state index is 0.0827. The summed E-state index contributed by atoms with van der Waals surface area (Å²) in [5.41, 5.74) is 1.01. The number of rotatable bonds is 8. The molecule has 3 aromatic rings. The third-order valence-corrected chi connectivity index (χ3v) is 6.84. The highest BCUT2D eigenvalue weighted by Crippen LogP contribution is 2.26. The maximum Gasteiger partial charge on any atom is 0.264 e. The molecule has 1 N–H and O–H groups in total. The Morgan fingerprint density at radius 2 is 1.68 bits per heavy atom. The van der Waals surface area contributed by atoms with Gasteiger partial charge in [0, 0.05) is 16.6 Å². The molecule has 0 saturated heterocycles. The minimum atomic E-state index is -3.98. The number of hydrogen-bond acceptors (Lipinski definition) is 4. The minimum Gasteiger partial charge on any atom is -0.497 e. The summed E-state index contributed by atoms with van der Waals surface area (Å²) in [4.78, 5) is 12.8. The summed E-state index contributed by atoms with van der Waals surface area (Å²) in [6.07, 6.45) is 0. The van der Waals surface area contributed by atoms with Gasteiger partial charge in [0.15, 0.2) is 0 Å². The highest BCUT2D eigenvalue weighted by Gasteiger charge is 2.27. The van der Waals surface area contributed by atoms with E-state index < -0.39 is 22.5 Å². The molecular weight excluding hydrogens is 459 g/mol. The number of ether oxygens (including phenoxy) is 1. The first-order valence-electron chi connectivity index (χ1n) is 9.24. The molecule has 0 heterocycles. The van der Waals surface area contributed by atoms with Crippen LogP contribution >= 0.6 is 23.2 Å². The van der Waals surface area contributed by atoms with E-state index in [0.717, 1.165) is 4.31 Å². The summed E-state index contributed by atoms with van der Waals surface area (Å²) in [6.45, 7) is -0.272. The van der Waals surface area contributed by atoms with Crippen molar-refractivity contribution in [1.82, 2.24) is 5.32 Å². The lowest BCUT2D eigenvalue weighted by atomic mass is 10.2. The molecule has 6 nitrogen and oxygen atoms in total. The van der Waals surface area contributed by atoms with Crippen LogP contribution in [0.4, 0.5) is 5.69 Å². The number of anilines is 1. The van der Waals surface area contributed by atoms with Crippen LogP contribution in [0.1, 0.15) is 5.56 Å². The van der Waals surface area contributed by atoms with E-state index in [1.807, 2.05) is 0 Å². The van der Waals surface area contributed by atoms with E-state index in [0.29, 0.717) is 27.0 Å². The van der Waals surface area contributed by atoms with Crippen molar-refractivity contribution in [1.29, 1.82) is 0 Å². The molecule has 0 fully saturated rings. The standard InChI is InChI=1S/C22H20Cl2N2O4S/c1-30-19-11-9-18(10-12-19)26(31(28,29)20-5-3-2-4-6-20)15-22(27)25-14-16-7-8-17(23)13-21(16)24/h2-13H,14-15H2,1H3,(H,25,27). The van der Waals surface area contributed by atoms with Crippen LogP contribution in [0.15, 0.2) is 77.7 Å². The van der Waals surface area contributed by atoms with Crippen molar-refractivity contribution in [2.45, 2.75) is 11.4 Å². The van der Waals surface area contributed by atoms with E-state index in [9.17, 15) is 13.2 Å². The van der Waals surface area contributed by atoms with E-state index in [4.69, 9.17) is 27.9 Å². The van der Waals surface area contributed by atoms with Crippen LogP contribution in [-0.4, -0.2) is 28.0 Å². The summed E-state index contributed by atoms with van der Waals surface area (Å²) in [7, 11) is -2.46. The zero-order valence-corrected chi connectivity index (χ0v) is 18.9. The van der Waals surface area contributed by atoms with Crippen molar-refractivity contribution >= 4 is 44.8 Å². The van der Waals surface area contributed by atoms with E-state index in [1.54, 1.807) is 60.7 Å². The normalized spacial score (nSPS) is 11.1. The van der Waals surface area contributed by atoms with Gasteiger partial charge in [0.2, 0.25) is 5.91 Å². The molecule has 162 valence electrons. The second kappa shape index (κ2) is 10.0. The maximum atomic E-state index is 13.3. The van der Waals surface area contributed by atoms with Gasteiger partial charge in [0.25, 0.3) is 10.0 Å². The zero-order chi connectivity index (χ0) is 22.4. The quantitative estimate of drug-likeness (QED) is 0.516. The second-order valence-corrected chi connectivity index (χ2v) is 9.24. The van der Waals surface area contributed by atoms with Crippen molar-refractivity contribution in [3.05, 3.63) is 88.4 Å². The Balaban J connectivity index is 1.84. The highest BCUT2D eigenvalue weighted by molar-refractivity contribution is 7.92. The fourth-order valence-corrected chi connectivity index (χ4v) is 4.75. The molecule has 0 radical (unpaired) electrons. The fraction of sp³-hybridized carbons (Fsp3) is 0.136. The fourth-order valence-electron chi connectivity index (χ4n) is 2.83. The summed E-state index contributed by atoms with van der Waals surface area (Å²) in [6, 6.07) is 19.3. The Bertz CT molecular complexity index is 1150. The van der Waals surface area contributed by atoms with Crippen molar-refractivity contribution in [2.75, 3.05) is 18.0 Å². The van der Waals surface area contributed by atoms with Gasteiger partial charge in [-0.15, -0.1) is 0 Å². The Morgan fingerprint density at radius 3 is 2.29 bits per heavy atom. The van der Waals surface area contributed by atoms with Gasteiger partial charge >= 0.3 is 0 Å². The molecular formula is C22H20Cl2N2O4S. The molecule has 3 aromatic carbocycles. The van der Waals surface area contributed by atoms with Gasteiger partial charge in [0.1, 0.15) is 12.3 Å². The topological polar surface area (TPSA) is 75.7 Å². The van der Waals surface area contributed by atoms with Gasteiger partial charge in [-0.2, -0.15) is 0 Å². The third kappa shape index (κ3) is 5.70. The largest absolute Gasteiger partial charge is 0.497 e. The van der Waals surface area contributed by atoms with Crippen molar-refractivity contribution in [3.8, 4) is 5.75 Å². The molecule has 0 bridgehead atoms. The van der Waals surface area contributed by atoms with Gasteiger partial charge < -0.3 is 10.1 Å². The Hall–Kier alpha value is -2.74. The maximum absolute atomic E-state index is 13.3. The summed E-state index contributed by atoms with van der Waals surface area (Å²) < 4.78 is 32.7. The van der Waals surface area contributed by atoms with Gasteiger partial charge in [-0.05, 0) is 54.1 Å². The number of nitrogens with zero attached hydrogens (tertiary/aromatic N) is 1. The van der Waals surface area contributed by atoms with Gasteiger partial charge in [-0.3, -0.25) is 9.10 Å². The predicted molar refractivity (Wildman–Crippen MR) is 122 cm³/mol. The molecule has 0 aliphatic rings. The first-order chi connectivity index (χ1) is 14.8. The van der Waals surface area contributed by atoms with E-state index in [-0.39, 0.29) is 11.4 Å². The average Bonchev–Trinajstić information content (AvgIpc) is 2.77. The third-order valence-electron chi connectivity index (χ3n) is 4.47. The molecule has 0 aliphatic heterocycles. The zero-order valence-electron chi connectivity index (χ0n) is 16.6. The molecule has 0 aliphatic carbocycles. The SMILES string of the molecule is COc1ccc(N(CC(=O)NCc2ccc(Cl)cc2Cl)S(=O)(=O)c2ccccc2)cc1. The number of methoxy groups -OCH3 is 1. The lowest BCUT2D eigenvalue weighted by molar-refractivity contribution is -0.119. The van der Waals surface area contributed by atoms with Gasteiger partial charge in [0.05, 0.1) is 17.7 Å². The Labute approximate surface area is 191 Å². The number of hydrogen-bond donors (Lipinski definition) is 1. The first-order valence-corrected chi connectivity index (χ1v) is 11.4. The first kappa shape index (κ1) is 22.9. The van der Waals surface area contributed by atoms with Crippen molar-refractivity contribution < 1.29 is 17.9 Å². The van der Waals surface area contributed by atoms with E-state index in [1.165, 1.54) is 19.2 Å². The molecule has 0 aromatic heterocycles. The van der Waals surface area contributed by atoms with Crippen molar-refractivity contribution in [3.63, 3.8) is 0 Å². The molecule has 0 saturated carbocycles. The van der Waals surface area contributed by atoms with Gasteiger partial charge in [-0.25, -0.2) is 8.42 Å². The number of sulfonamides is 1. The molecule has 1 amide bonds. The predicted octanol–water partition coefficient (Wildman–Crippen LogP) is 4.51. The molecule has 9 heteroatoms. The number of benzene rings is 3. The number of carbonyl (C=O) groups excluding carboxylic acids is 1. The van der Waals surface area contributed by atoms with Crippen LogP contribution in [0, 0.1) is 0 Å². The lowest BCUT2D eigenvalue weighted by Crippen LogP contribution is -2.40. The number of halogens is 2. The number of carbonyl (C=O) groups is 1. The summed E-state index contributed by atoms with van der Waals surface area (Å²) >= 11 is 12.0. The van der Waals surface area contributed by atoms with Gasteiger partial charge in [-0.1, -0.05) is 47.5 Å². The molecule has 3 rings (SSSR count). The highest BCUT2D eigenvalue weighted by atomic mass is 35.5. The van der Waals surface area contributed by atoms with Crippen LogP contribution in [0.5, 0.6) is 5.75 Å². The molecule has 0 atom stereocenters. The summed E-state index contributed by atoms with van der Waals surface area (Å²) in [5, 5.41) is 3.61. The summed E-state index contributed by atoms with van der Waals surface area (Å²) in [5.74, 6) is 0.0870.